The van der Waals surface area contributed by atoms with Gasteiger partial charge in [0.2, 0.25) is 0 Å². The van der Waals surface area contributed by atoms with Crippen molar-refractivity contribution in [3.05, 3.63) is 214 Å². The summed E-state index contributed by atoms with van der Waals surface area (Å²) in [6, 6.07) is 50.4. The smallest absolute Gasteiger partial charge is 0.141 e. The molecule has 4 aliphatic rings. The molecular weight excluding hydrogens is 689 g/mol. The summed E-state index contributed by atoms with van der Waals surface area (Å²) < 4.78 is 2.51. The van der Waals surface area contributed by atoms with E-state index >= 15 is 0 Å². The molecule has 2 heteroatoms. The van der Waals surface area contributed by atoms with Crippen LogP contribution >= 0.6 is 0 Å². The minimum Gasteiger partial charge on any atom is -0.320 e. The fourth-order valence-corrected chi connectivity index (χ4v) is 10.5. The van der Waals surface area contributed by atoms with Crippen molar-refractivity contribution in [1.82, 2.24) is 9.55 Å². The van der Waals surface area contributed by atoms with Crippen molar-refractivity contribution in [2.75, 3.05) is 0 Å². The van der Waals surface area contributed by atoms with Gasteiger partial charge in [0.05, 0.1) is 11.0 Å². The zero-order valence-corrected chi connectivity index (χ0v) is 32.7. The first-order valence-electron chi connectivity index (χ1n) is 20.8. The van der Waals surface area contributed by atoms with Crippen LogP contribution in [0, 0.1) is 11.3 Å². The standard InChI is InChI=1S/C55H46N2/c1-36-13-3-11-21-50(36)57-51-22-12-10-20-49(51)56-54(57)40-27-23-39(24-28-40)43-31-32-55(2)48(35-43)52(44-29-25-37-14-4-6-16-41(37)33-44)46-18-8-9-19-47(46)53(55)45-30-26-38-15-5-7-17-42(38)34-45/h3-6,8-10,12-16,18-20,22-36,50,53H,7,11,17,21H2,1-2H3/t36?,50-,53?,55?/m0/s1. The molecule has 6 aromatic carbocycles. The first kappa shape index (κ1) is 34.0. The molecule has 4 aliphatic carbocycles. The Morgan fingerprint density at radius 2 is 1.49 bits per heavy atom. The Bertz CT molecular complexity index is 2890. The number of nitrogens with zero attached hydrogens (tertiary/aromatic N) is 2. The number of aromatic nitrogens is 2. The molecule has 0 amide bonds. The lowest BCUT2D eigenvalue weighted by Crippen LogP contribution is -2.33. The highest BCUT2D eigenvalue weighted by Crippen LogP contribution is 2.58. The van der Waals surface area contributed by atoms with Crippen molar-refractivity contribution in [1.29, 1.82) is 0 Å². The minimum absolute atomic E-state index is 0.172. The largest absolute Gasteiger partial charge is 0.320 e. The molecule has 0 bridgehead atoms. The van der Waals surface area contributed by atoms with Crippen LogP contribution in [0.2, 0.25) is 0 Å². The molecule has 276 valence electrons. The molecule has 2 nitrogen and oxygen atoms in total. The van der Waals surface area contributed by atoms with Gasteiger partial charge < -0.3 is 4.57 Å². The van der Waals surface area contributed by atoms with E-state index in [-0.39, 0.29) is 11.3 Å². The molecule has 0 N–H and O–H groups in total. The summed E-state index contributed by atoms with van der Waals surface area (Å²) in [6.07, 6.45) is 21.2. The van der Waals surface area contributed by atoms with Crippen LogP contribution in [-0.4, -0.2) is 9.55 Å². The fraction of sp³-hybridized carbons (Fsp3) is 0.182. The first-order chi connectivity index (χ1) is 28.0. The lowest BCUT2D eigenvalue weighted by atomic mass is 9.57. The summed E-state index contributed by atoms with van der Waals surface area (Å²) in [5.74, 6) is 1.68. The van der Waals surface area contributed by atoms with E-state index < -0.39 is 0 Å². The monoisotopic (exact) mass is 734 g/mol. The Hall–Kier alpha value is -6.25. The van der Waals surface area contributed by atoms with Crippen molar-refractivity contribution in [2.24, 2.45) is 11.3 Å². The van der Waals surface area contributed by atoms with Gasteiger partial charge in [-0.2, -0.15) is 0 Å². The van der Waals surface area contributed by atoms with E-state index in [0.29, 0.717) is 12.0 Å². The van der Waals surface area contributed by atoms with E-state index in [1.54, 1.807) is 0 Å². The average Bonchev–Trinajstić information content (AvgIpc) is 3.64. The van der Waals surface area contributed by atoms with E-state index in [4.69, 9.17) is 4.98 Å². The van der Waals surface area contributed by atoms with Crippen LogP contribution in [0.5, 0.6) is 0 Å². The molecule has 0 spiro atoms. The van der Waals surface area contributed by atoms with Crippen LogP contribution in [0.25, 0.3) is 50.4 Å². The Kier molecular flexibility index (Phi) is 8.03. The number of aryl methyl sites for hydroxylation is 1. The quantitative estimate of drug-likeness (QED) is 0.161. The molecule has 0 radical (unpaired) electrons. The van der Waals surface area contributed by atoms with Gasteiger partial charge in [0.25, 0.3) is 0 Å². The molecule has 4 atom stereocenters. The Morgan fingerprint density at radius 1 is 0.702 bits per heavy atom. The van der Waals surface area contributed by atoms with Crippen LogP contribution in [0.3, 0.4) is 0 Å². The number of hydrogen-bond donors (Lipinski definition) is 0. The van der Waals surface area contributed by atoms with Crippen LogP contribution in [-0.2, 0) is 6.42 Å². The number of benzene rings is 6. The van der Waals surface area contributed by atoms with Crippen molar-refractivity contribution in [2.45, 2.75) is 51.5 Å². The molecule has 7 aromatic rings. The van der Waals surface area contributed by atoms with Crippen LogP contribution in [0.4, 0.5) is 0 Å². The normalized spacial score (nSPS) is 22.4. The predicted molar refractivity (Wildman–Crippen MR) is 239 cm³/mol. The molecule has 57 heavy (non-hydrogen) atoms. The zero-order chi connectivity index (χ0) is 38.1. The summed E-state index contributed by atoms with van der Waals surface area (Å²) in [7, 11) is 0. The number of rotatable bonds is 5. The second kappa shape index (κ2) is 13.5. The summed E-state index contributed by atoms with van der Waals surface area (Å²) in [5, 5.41) is 2.53. The third-order valence-corrected chi connectivity index (χ3v) is 13.4. The number of hydrogen-bond acceptors (Lipinski definition) is 1. The molecule has 0 aliphatic heterocycles. The van der Waals surface area contributed by atoms with Crippen LogP contribution in [0.15, 0.2) is 175 Å². The van der Waals surface area contributed by atoms with Crippen molar-refractivity contribution in [3.8, 4) is 11.4 Å². The topological polar surface area (TPSA) is 17.8 Å². The summed E-state index contributed by atoms with van der Waals surface area (Å²) in [4.78, 5) is 5.25. The second-order valence-corrected chi connectivity index (χ2v) is 16.8. The maximum atomic E-state index is 5.25. The molecule has 0 saturated heterocycles. The van der Waals surface area contributed by atoms with Gasteiger partial charge in [0.1, 0.15) is 5.82 Å². The SMILES string of the molecule is CC1C=CCC[C@@H]1n1c(-c2ccc(C3=CC4=C(c5ccc6ccccc6c5)c5ccccc5C(c5ccc6c(c5)CCC=C6)C4(C)C=C3)cc2)nc2ccccc21. The first-order valence-corrected chi connectivity index (χ1v) is 20.8. The molecule has 11 rings (SSSR count). The molecule has 1 aromatic heterocycles. The zero-order valence-electron chi connectivity index (χ0n) is 32.7. The van der Waals surface area contributed by atoms with Crippen LogP contribution < -0.4 is 0 Å². The lowest BCUT2D eigenvalue weighted by Gasteiger charge is -2.45. The van der Waals surface area contributed by atoms with Crippen LogP contribution in [0.1, 0.15) is 84.0 Å². The van der Waals surface area contributed by atoms with Gasteiger partial charge >= 0.3 is 0 Å². The van der Waals surface area contributed by atoms with E-state index in [2.05, 4.69) is 194 Å². The molecular formula is C55H46N2. The predicted octanol–water partition coefficient (Wildman–Crippen LogP) is 14.0. The average molecular weight is 735 g/mol. The lowest BCUT2D eigenvalue weighted by molar-refractivity contribution is 0.381. The van der Waals surface area contributed by atoms with Crippen molar-refractivity contribution < 1.29 is 0 Å². The molecule has 0 saturated carbocycles. The van der Waals surface area contributed by atoms with E-state index in [9.17, 15) is 0 Å². The third kappa shape index (κ3) is 5.57. The van der Waals surface area contributed by atoms with E-state index in [1.807, 2.05) is 0 Å². The van der Waals surface area contributed by atoms with Gasteiger partial charge in [-0.05, 0) is 122 Å². The summed E-state index contributed by atoms with van der Waals surface area (Å²) in [5.41, 5.74) is 16.5. The van der Waals surface area contributed by atoms with E-state index in [0.717, 1.165) is 42.6 Å². The Labute approximate surface area is 335 Å². The summed E-state index contributed by atoms with van der Waals surface area (Å²) >= 11 is 0. The number of imidazole rings is 1. The van der Waals surface area contributed by atoms with Gasteiger partial charge in [-0.1, -0.05) is 166 Å². The maximum Gasteiger partial charge on any atom is 0.141 e. The van der Waals surface area contributed by atoms with Gasteiger partial charge in [-0.3, -0.25) is 0 Å². The molecule has 3 unspecified atom stereocenters. The molecule has 1 heterocycles. The number of fused-ring (bicyclic) bond motifs is 5. The number of para-hydroxylation sites is 2. The molecule has 0 fully saturated rings. The summed E-state index contributed by atoms with van der Waals surface area (Å²) in [6.45, 7) is 4.82. The third-order valence-electron chi connectivity index (χ3n) is 13.4. The number of allylic oxidation sites excluding steroid dienone is 8. The Morgan fingerprint density at radius 3 is 2.39 bits per heavy atom. The highest BCUT2D eigenvalue weighted by Gasteiger charge is 2.45. The van der Waals surface area contributed by atoms with Crippen molar-refractivity contribution in [3.63, 3.8) is 0 Å². The van der Waals surface area contributed by atoms with Gasteiger partial charge in [0.15, 0.2) is 0 Å². The second-order valence-electron chi connectivity index (χ2n) is 16.8. The Balaban J connectivity index is 1.07. The van der Waals surface area contributed by atoms with E-state index in [1.165, 1.54) is 72.0 Å². The maximum absolute atomic E-state index is 5.25. The van der Waals surface area contributed by atoms with Gasteiger partial charge in [-0.25, -0.2) is 4.98 Å². The highest BCUT2D eigenvalue weighted by molar-refractivity contribution is 5.96. The van der Waals surface area contributed by atoms with Crippen molar-refractivity contribution >= 4 is 39.0 Å². The fourth-order valence-electron chi connectivity index (χ4n) is 10.5. The highest BCUT2D eigenvalue weighted by atomic mass is 15.1. The van der Waals surface area contributed by atoms with Gasteiger partial charge in [0, 0.05) is 22.9 Å². The van der Waals surface area contributed by atoms with Gasteiger partial charge in [-0.15, -0.1) is 0 Å². The minimum atomic E-state index is -0.270.